The van der Waals surface area contributed by atoms with Crippen LogP contribution in [0.4, 0.5) is 0 Å². The minimum Gasteiger partial charge on any atom is -0.454 e. The number of hydrogen-bond donors (Lipinski definition) is 2. The molecule has 4 nitrogen and oxygen atoms in total. The molecule has 0 aromatic heterocycles. The molecule has 1 aliphatic carbocycles. The second kappa shape index (κ2) is 3.89. The molecule has 1 fully saturated rings. The van der Waals surface area contributed by atoms with E-state index in [1.54, 1.807) is 0 Å². The van der Waals surface area contributed by atoms with Gasteiger partial charge in [-0.15, -0.1) is 0 Å². The minimum atomic E-state index is 0.0163. The molecule has 2 aliphatic rings. The van der Waals surface area contributed by atoms with Gasteiger partial charge in [0, 0.05) is 11.5 Å². The second-order valence-corrected chi connectivity index (χ2v) is 4.85. The molecular weight excluding hydrogens is 218 g/mol. The molecule has 1 aromatic rings. The monoisotopic (exact) mass is 235 g/mol. The average molecular weight is 235 g/mol. The van der Waals surface area contributed by atoms with E-state index in [1.807, 2.05) is 25.2 Å². The average Bonchev–Trinajstić information content (AvgIpc) is 3.00. The predicted octanol–water partition coefficient (Wildman–Crippen LogP) is 1.45. The Labute approximate surface area is 101 Å². The third kappa shape index (κ3) is 1.68. The Hall–Kier alpha value is -1.26. The molecule has 0 saturated heterocycles. The van der Waals surface area contributed by atoms with E-state index in [9.17, 15) is 5.11 Å². The summed E-state index contributed by atoms with van der Waals surface area (Å²) >= 11 is 0. The van der Waals surface area contributed by atoms with E-state index in [2.05, 4.69) is 5.32 Å². The van der Waals surface area contributed by atoms with Gasteiger partial charge in [0.2, 0.25) is 6.79 Å². The maximum absolute atomic E-state index is 9.52. The highest BCUT2D eigenvalue weighted by molar-refractivity contribution is 5.46. The number of aliphatic hydroxyl groups is 1. The van der Waals surface area contributed by atoms with E-state index in [0.717, 1.165) is 29.9 Å². The van der Waals surface area contributed by atoms with Crippen LogP contribution in [0.1, 0.15) is 24.4 Å². The SMILES string of the molecule is CNC(c1ccc2c(c1)OCO2)C1(CO)CC1. The normalized spacial score (nSPS) is 21.3. The zero-order valence-electron chi connectivity index (χ0n) is 9.90. The fourth-order valence-electron chi connectivity index (χ4n) is 2.62. The summed E-state index contributed by atoms with van der Waals surface area (Å²) in [6, 6.07) is 6.18. The van der Waals surface area contributed by atoms with Crippen molar-refractivity contribution in [1.29, 1.82) is 0 Å². The summed E-state index contributed by atoms with van der Waals surface area (Å²) in [7, 11) is 1.94. The van der Waals surface area contributed by atoms with Crippen molar-refractivity contribution in [2.45, 2.75) is 18.9 Å². The number of rotatable bonds is 4. The Morgan fingerprint density at radius 1 is 1.35 bits per heavy atom. The summed E-state index contributed by atoms with van der Waals surface area (Å²) < 4.78 is 10.7. The summed E-state index contributed by atoms with van der Waals surface area (Å²) in [6.07, 6.45) is 2.15. The van der Waals surface area contributed by atoms with E-state index < -0.39 is 0 Å². The lowest BCUT2D eigenvalue weighted by molar-refractivity contribution is 0.172. The van der Waals surface area contributed by atoms with Crippen molar-refractivity contribution in [3.05, 3.63) is 23.8 Å². The number of nitrogens with one attached hydrogen (secondary N) is 1. The first-order valence-electron chi connectivity index (χ1n) is 5.97. The van der Waals surface area contributed by atoms with Crippen molar-refractivity contribution in [3.63, 3.8) is 0 Å². The lowest BCUT2D eigenvalue weighted by atomic mass is 9.90. The van der Waals surface area contributed by atoms with E-state index in [4.69, 9.17) is 9.47 Å². The molecule has 1 saturated carbocycles. The topological polar surface area (TPSA) is 50.7 Å². The van der Waals surface area contributed by atoms with Crippen LogP contribution >= 0.6 is 0 Å². The van der Waals surface area contributed by atoms with Gasteiger partial charge in [-0.2, -0.15) is 0 Å². The van der Waals surface area contributed by atoms with Gasteiger partial charge < -0.3 is 19.9 Å². The number of benzene rings is 1. The maximum atomic E-state index is 9.52. The molecule has 4 heteroatoms. The molecule has 0 bridgehead atoms. The summed E-state index contributed by atoms with van der Waals surface area (Å²) in [4.78, 5) is 0. The van der Waals surface area contributed by atoms with Crippen molar-refractivity contribution in [2.75, 3.05) is 20.4 Å². The fraction of sp³-hybridized carbons (Fsp3) is 0.538. The van der Waals surface area contributed by atoms with Crippen LogP contribution in [0.5, 0.6) is 11.5 Å². The number of aliphatic hydroxyl groups excluding tert-OH is 1. The first-order valence-corrected chi connectivity index (χ1v) is 5.97. The third-order valence-electron chi connectivity index (χ3n) is 3.84. The summed E-state index contributed by atoms with van der Waals surface area (Å²) in [5, 5.41) is 12.8. The Bertz CT molecular complexity index is 429. The Morgan fingerprint density at radius 2 is 2.12 bits per heavy atom. The van der Waals surface area contributed by atoms with Crippen molar-refractivity contribution in [1.82, 2.24) is 5.32 Å². The molecule has 0 radical (unpaired) electrons. The Kier molecular flexibility index (Phi) is 2.49. The zero-order valence-corrected chi connectivity index (χ0v) is 9.90. The third-order valence-corrected chi connectivity index (χ3v) is 3.84. The van der Waals surface area contributed by atoms with Crippen molar-refractivity contribution >= 4 is 0 Å². The van der Waals surface area contributed by atoms with Gasteiger partial charge in [-0.05, 0) is 37.6 Å². The molecule has 0 amide bonds. The first-order chi connectivity index (χ1) is 8.29. The highest BCUT2D eigenvalue weighted by Crippen LogP contribution is 2.55. The highest BCUT2D eigenvalue weighted by atomic mass is 16.7. The largest absolute Gasteiger partial charge is 0.454 e. The molecule has 1 aliphatic heterocycles. The maximum Gasteiger partial charge on any atom is 0.231 e. The molecule has 17 heavy (non-hydrogen) atoms. The molecule has 1 atom stereocenters. The van der Waals surface area contributed by atoms with Gasteiger partial charge in [0.15, 0.2) is 11.5 Å². The number of hydrogen-bond acceptors (Lipinski definition) is 4. The van der Waals surface area contributed by atoms with Gasteiger partial charge in [-0.25, -0.2) is 0 Å². The second-order valence-electron chi connectivity index (χ2n) is 4.85. The minimum absolute atomic E-state index is 0.0163. The Morgan fingerprint density at radius 3 is 2.76 bits per heavy atom. The van der Waals surface area contributed by atoms with Gasteiger partial charge in [0.25, 0.3) is 0 Å². The van der Waals surface area contributed by atoms with Crippen LogP contribution in [-0.2, 0) is 0 Å². The molecule has 1 aromatic carbocycles. The van der Waals surface area contributed by atoms with E-state index >= 15 is 0 Å². The van der Waals surface area contributed by atoms with Crippen molar-refractivity contribution < 1.29 is 14.6 Å². The van der Waals surface area contributed by atoms with Gasteiger partial charge in [-0.3, -0.25) is 0 Å². The van der Waals surface area contributed by atoms with E-state index in [0.29, 0.717) is 6.79 Å². The Balaban J connectivity index is 1.92. The van der Waals surface area contributed by atoms with Crippen molar-refractivity contribution in [2.24, 2.45) is 5.41 Å². The van der Waals surface area contributed by atoms with E-state index in [1.165, 1.54) is 0 Å². The van der Waals surface area contributed by atoms with Crippen LogP contribution in [0.3, 0.4) is 0 Å². The lowest BCUT2D eigenvalue weighted by Crippen LogP contribution is -2.29. The van der Waals surface area contributed by atoms with Gasteiger partial charge in [-0.1, -0.05) is 6.07 Å². The molecule has 1 heterocycles. The molecular formula is C13H17NO3. The highest BCUT2D eigenvalue weighted by Gasteiger charge is 2.49. The molecule has 1 unspecified atom stereocenters. The first kappa shape index (κ1) is 10.9. The molecule has 0 spiro atoms. The lowest BCUT2D eigenvalue weighted by Gasteiger charge is -2.25. The van der Waals surface area contributed by atoms with Gasteiger partial charge in [0.1, 0.15) is 0 Å². The van der Waals surface area contributed by atoms with Crippen LogP contribution in [0.25, 0.3) is 0 Å². The standard InChI is InChI=1S/C13H17NO3/c1-14-12(13(7-15)4-5-13)9-2-3-10-11(6-9)17-8-16-10/h2-3,6,12,14-15H,4-5,7-8H2,1H3. The van der Waals surface area contributed by atoms with Gasteiger partial charge in [0.05, 0.1) is 6.61 Å². The van der Waals surface area contributed by atoms with Crippen LogP contribution in [0.15, 0.2) is 18.2 Å². The van der Waals surface area contributed by atoms with Crippen molar-refractivity contribution in [3.8, 4) is 11.5 Å². The number of ether oxygens (including phenoxy) is 2. The van der Waals surface area contributed by atoms with Crippen LogP contribution in [0, 0.1) is 5.41 Å². The number of fused-ring (bicyclic) bond motifs is 1. The molecule has 92 valence electrons. The summed E-state index contributed by atoms with van der Waals surface area (Å²) in [5.41, 5.74) is 1.17. The predicted molar refractivity (Wildman–Crippen MR) is 63.1 cm³/mol. The molecule has 3 rings (SSSR count). The quantitative estimate of drug-likeness (QED) is 0.829. The fourth-order valence-corrected chi connectivity index (χ4v) is 2.62. The van der Waals surface area contributed by atoms with Crippen LogP contribution < -0.4 is 14.8 Å². The molecule has 2 N–H and O–H groups in total. The van der Waals surface area contributed by atoms with Crippen LogP contribution in [-0.4, -0.2) is 25.6 Å². The van der Waals surface area contributed by atoms with Crippen LogP contribution in [0.2, 0.25) is 0 Å². The summed E-state index contributed by atoms with van der Waals surface area (Å²) in [5.74, 6) is 1.61. The zero-order chi connectivity index (χ0) is 11.9. The summed E-state index contributed by atoms with van der Waals surface area (Å²) in [6.45, 7) is 0.529. The van der Waals surface area contributed by atoms with E-state index in [-0.39, 0.29) is 18.1 Å². The van der Waals surface area contributed by atoms with Gasteiger partial charge >= 0.3 is 0 Å². The smallest absolute Gasteiger partial charge is 0.231 e.